The van der Waals surface area contributed by atoms with Crippen molar-refractivity contribution in [1.29, 1.82) is 0 Å². The molecule has 1 aliphatic heterocycles. The third kappa shape index (κ3) is 2.20. The van der Waals surface area contributed by atoms with E-state index in [4.69, 9.17) is 0 Å². The third-order valence-corrected chi connectivity index (χ3v) is 5.30. The third-order valence-electron chi connectivity index (χ3n) is 3.42. The van der Waals surface area contributed by atoms with Gasteiger partial charge >= 0.3 is 0 Å². The van der Waals surface area contributed by atoms with Crippen LogP contribution in [-0.4, -0.2) is 39.4 Å². The molecule has 0 saturated carbocycles. The standard InChI is InChI=1S/C12H15N5O2S/c1-9-13-5-4-11(16-9)12-3-2-6-17(12)20(18,19)10-7-14-15-8-10/h4-5,7-8,12H,2-3,6H2,1H3,(H,14,15). The van der Waals surface area contributed by atoms with E-state index in [9.17, 15) is 8.42 Å². The molecule has 106 valence electrons. The van der Waals surface area contributed by atoms with E-state index in [1.54, 1.807) is 19.2 Å². The molecule has 1 aliphatic rings. The molecule has 1 fully saturated rings. The summed E-state index contributed by atoms with van der Waals surface area (Å²) >= 11 is 0. The van der Waals surface area contributed by atoms with Gasteiger partial charge in [0.2, 0.25) is 10.0 Å². The van der Waals surface area contributed by atoms with Gasteiger partial charge in [-0.3, -0.25) is 5.10 Å². The summed E-state index contributed by atoms with van der Waals surface area (Å²) in [6.45, 7) is 2.30. The van der Waals surface area contributed by atoms with E-state index in [1.807, 2.05) is 0 Å². The molecule has 2 aromatic heterocycles. The number of rotatable bonds is 3. The second-order valence-electron chi connectivity index (χ2n) is 4.74. The quantitative estimate of drug-likeness (QED) is 0.912. The Labute approximate surface area is 117 Å². The molecule has 3 rings (SSSR count). The van der Waals surface area contributed by atoms with Crippen LogP contribution < -0.4 is 0 Å². The number of H-pyrrole nitrogens is 1. The molecule has 2 aromatic rings. The van der Waals surface area contributed by atoms with Crippen LogP contribution in [0.2, 0.25) is 0 Å². The summed E-state index contributed by atoms with van der Waals surface area (Å²) in [4.78, 5) is 8.60. The zero-order valence-corrected chi connectivity index (χ0v) is 11.8. The summed E-state index contributed by atoms with van der Waals surface area (Å²) in [5.41, 5.74) is 0.752. The molecule has 3 heterocycles. The minimum atomic E-state index is -3.53. The Bertz CT molecular complexity index is 698. The van der Waals surface area contributed by atoms with Crippen LogP contribution in [0.1, 0.15) is 30.4 Å². The van der Waals surface area contributed by atoms with Gasteiger partial charge in [-0.15, -0.1) is 0 Å². The number of sulfonamides is 1. The Morgan fingerprint density at radius 3 is 3.00 bits per heavy atom. The average molecular weight is 293 g/mol. The Morgan fingerprint density at radius 1 is 1.45 bits per heavy atom. The van der Waals surface area contributed by atoms with Gasteiger partial charge in [0.05, 0.1) is 17.9 Å². The van der Waals surface area contributed by atoms with Crippen LogP contribution in [0.3, 0.4) is 0 Å². The van der Waals surface area contributed by atoms with Crippen molar-refractivity contribution in [2.45, 2.75) is 30.7 Å². The Morgan fingerprint density at radius 2 is 2.30 bits per heavy atom. The average Bonchev–Trinajstić information content (AvgIpc) is 3.11. The zero-order chi connectivity index (χ0) is 14.2. The topological polar surface area (TPSA) is 91.8 Å². The molecule has 0 spiro atoms. The number of hydrogen-bond donors (Lipinski definition) is 1. The van der Waals surface area contributed by atoms with Gasteiger partial charge in [-0.05, 0) is 25.8 Å². The fraction of sp³-hybridized carbons (Fsp3) is 0.417. The van der Waals surface area contributed by atoms with Crippen molar-refractivity contribution in [1.82, 2.24) is 24.5 Å². The highest BCUT2D eigenvalue weighted by molar-refractivity contribution is 7.89. The van der Waals surface area contributed by atoms with Gasteiger partial charge in [0.1, 0.15) is 10.7 Å². The van der Waals surface area contributed by atoms with E-state index in [2.05, 4.69) is 20.2 Å². The van der Waals surface area contributed by atoms with Crippen molar-refractivity contribution in [2.24, 2.45) is 0 Å². The molecule has 0 aromatic carbocycles. The predicted molar refractivity (Wildman–Crippen MR) is 71.2 cm³/mol. The Kier molecular flexibility index (Phi) is 3.27. The highest BCUT2D eigenvalue weighted by atomic mass is 32.2. The molecule has 20 heavy (non-hydrogen) atoms. The molecule has 0 radical (unpaired) electrons. The first-order valence-corrected chi connectivity index (χ1v) is 7.83. The van der Waals surface area contributed by atoms with E-state index in [0.29, 0.717) is 12.4 Å². The van der Waals surface area contributed by atoms with E-state index in [0.717, 1.165) is 18.5 Å². The van der Waals surface area contributed by atoms with Gasteiger partial charge in [-0.1, -0.05) is 0 Å². The maximum atomic E-state index is 12.6. The first kappa shape index (κ1) is 13.2. The lowest BCUT2D eigenvalue weighted by Gasteiger charge is -2.22. The summed E-state index contributed by atoms with van der Waals surface area (Å²) in [5, 5.41) is 6.26. The van der Waals surface area contributed by atoms with Gasteiger partial charge < -0.3 is 0 Å². The number of aromatic nitrogens is 4. The maximum Gasteiger partial charge on any atom is 0.246 e. The van der Waals surface area contributed by atoms with Crippen LogP contribution in [0.4, 0.5) is 0 Å². The second kappa shape index (κ2) is 4.95. The van der Waals surface area contributed by atoms with Crippen molar-refractivity contribution >= 4 is 10.0 Å². The second-order valence-corrected chi connectivity index (χ2v) is 6.63. The number of aryl methyl sites for hydroxylation is 1. The van der Waals surface area contributed by atoms with Crippen LogP contribution >= 0.6 is 0 Å². The molecule has 1 saturated heterocycles. The van der Waals surface area contributed by atoms with E-state index >= 15 is 0 Å². The predicted octanol–water partition coefficient (Wildman–Crippen LogP) is 1.03. The fourth-order valence-corrected chi connectivity index (χ4v) is 4.08. The minimum absolute atomic E-state index is 0.190. The number of nitrogens with one attached hydrogen (secondary N) is 1. The monoisotopic (exact) mass is 293 g/mol. The van der Waals surface area contributed by atoms with Crippen molar-refractivity contribution in [3.05, 3.63) is 36.2 Å². The zero-order valence-electron chi connectivity index (χ0n) is 11.0. The van der Waals surface area contributed by atoms with Gasteiger partial charge in [0, 0.05) is 18.9 Å². The summed E-state index contributed by atoms with van der Waals surface area (Å²) in [6.07, 6.45) is 5.99. The smallest absolute Gasteiger partial charge is 0.246 e. The molecule has 0 amide bonds. The van der Waals surface area contributed by atoms with Crippen LogP contribution in [0, 0.1) is 6.92 Å². The lowest BCUT2D eigenvalue weighted by atomic mass is 10.1. The van der Waals surface area contributed by atoms with Gasteiger partial charge in [0.15, 0.2) is 0 Å². The summed E-state index contributed by atoms with van der Waals surface area (Å²) in [7, 11) is -3.53. The van der Waals surface area contributed by atoms with Gasteiger partial charge in [0.25, 0.3) is 0 Å². The molecule has 1 atom stereocenters. The van der Waals surface area contributed by atoms with Crippen molar-refractivity contribution in [3.8, 4) is 0 Å². The summed E-state index contributed by atoms with van der Waals surface area (Å²) in [6, 6.07) is 1.55. The first-order chi connectivity index (χ1) is 9.59. The van der Waals surface area contributed by atoms with Crippen molar-refractivity contribution in [3.63, 3.8) is 0 Å². The van der Waals surface area contributed by atoms with Crippen LogP contribution in [0.5, 0.6) is 0 Å². The van der Waals surface area contributed by atoms with Gasteiger partial charge in [-0.2, -0.15) is 9.40 Å². The molecule has 1 N–H and O–H groups in total. The van der Waals surface area contributed by atoms with E-state index < -0.39 is 10.0 Å². The van der Waals surface area contributed by atoms with Crippen LogP contribution in [0.15, 0.2) is 29.6 Å². The lowest BCUT2D eigenvalue weighted by molar-refractivity contribution is 0.389. The molecule has 0 aliphatic carbocycles. The molecule has 8 heteroatoms. The van der Waals surface area contributed by atoms with E-state index in [1.165, 1.54) is 16.7 Å². The lowest BCUT2D eigenvalue weighted by Crippen LogP contribution is -2.31. The maximum absolute atomic E-state index is 12.6. The molecular formula is C12H15N5O2S. The number of nitrogens with zero attached hydrogens (tertiary/aromatic N) is 4. The highest BCUT2D eigenvalue weighted by Crippen LogP contribution is 2.35. The summed E-state index contributed by atoms with van der Waals surface area (Å²) in [5.74, 6) is 0.648. The molecule has 0 bridgehead atoms. The Hall–Kier alpha value is -1.80. The first-order valence-electron chi connectivity index (χ1n) is 6.39. The van der Waals surface area contributed by atoms with Crippen LogP contribution in [-0.2, 0) is 10.0 Å². The van der Waals surface area contributed by atoms with Gasteiger partial charge in [-0.25, -0.2) is 18.4 Å². The SMILES string of the molecule is Cc1nccc(C2CCCN2S(=O)(=O)c2cn[nH]c2)n1. The van der Waals surface area contributed by atoms with Crippen molar-refractivity contribution < 1.29 is 8.42 Å². The molecular weight excluding hydrogens is 278 g/mol. The normalized spacial score (nSPS) is 20.4. The highest BCUT2D eigenvalue weighted by Gasteiger charge is 2.37. The Balaban J connectivity index is 1.98. The summed E-state index contributed by atoms with van der Waals surface area (Å²) < 4.78 is 26.7. The molecule has 7 nitrogen and oxygen atoms in total. The fourth-order valence-electron chi connectivity index (χ4n) is 2.50. The number of aromatic amines is 1. The van der Waals surface area contributed by atoms with E-state index in [-0.39, 0.29) is 10.9 Å². The van der Waals surface area contributed by atoms with Crippen molar-refractivity contribution in [2.75, 3.05) is 6.54 Å². The number of hydrogen-bond acceptors (Lipinski definition) is 5. The molecule has 1 unspecified atom stereocenters. The van der Waals surface area contributed by atoms with Crippen LogP contribution in [0.25, 0.3) is 0 Å². The minimum Gasteiger partial charge on any atom is -0.284 e. The largest absolute Gasteiger partial charge is 0.284 e.